The van der Waals surface area contributed by atoms with Crippen molar-refractivity contribution in [3.63, 3.8) is 0 Å². The molecule has 5 heteroatoms. The number of halogens is 1. The maximum Gasteiger partial charge on any atom is 0.174 e. The molecule has 0 saturated heterocycles. The maximum atomic E-state index is 12.0. The van der Waals surface area contributed by atoms with Gasteiger partial charge in [0.15, 0.2) is 11.5 Å². The Morgan fingerprint density at radius 1 is 1.53 bits per heavy atom. The van der Waals surface area contributed by atoms with Crippen LogP contribution in [0, 0.1) is 0 Å². The van der Waals surface area contributed by atoms with Crippen molar-refractivity contribution >= 4 is 17.4 Å². The number of hydrogen-bond donors (Lipinski definition) is 2. The molecule has 0 amide bonds. The van der Waals surface area contributed by atoms with Crippen LogP contribution in [0.1, 0.15) is 37.0 Å². The molecule has 2 rings (SSSR count). The smallest absolute Gasteiger partial charge is 0.174 e. The van der Waals surface area contributed by atoms with E-state index in [2.05, 4.69) is 0 Å². The van der Waals surface area contributed by atoms with E-state index in [1.54, 1.807) is 0 Å². The van der Waals surface area contributed by atoms with Gasteiger partial charge in [0.2, 0.25) is 0 Å². The van der Waals surface area contributed by atoms with Gasteiger partial charge >= 0.3 is 0 Å². The molecule has 1 aliphatic heterocycles. The summed E-state index contributed by atoms with van der Waals surface area (Å²) in [5, 5.41) is 19.0. The van der Waals surface area contributed by atoms with E-state index >= 15 is 0 Å². The summed E-state index contributed by atoms with van der Waals surface area (Å²) in [4.78, 5) is 12.0. The minimum absolute atomic E-state index is 0.0544. The van der Waals surface area contributed by atoms with Gasteiger partial charge in [-0.2, -0.15) is 0 Å². The van der Waals surface area contributed by atoms with Gasteiger partial charge in [-0.3, -0.25) is 4.79 Å². The van der Waals surface area contributed by atoms with E-state index in [-0.39, 0.29) is 34.3 Å². The van der Waals surface area contributed by atoms with Crippen molar-refractivity contribution in [2.24, 2.45) is 0 Å². The second-order valence-electron chi connectivity index (χ2n) is 4.44. The minimum Gasteiger partial charge on any atom is -0.506 e. The van der Waals surface area contributed by atoms with Crippen molar-refractivity contribution in [3.8, 4) is 17.2 Å². The molecule has 1 atom stereocenters. The zero-order valence-electron chi connectivity index (χ0n) is 9.58. The molecule has 0 bridgehead atoms. The fourth-order valence-electron chi connectivity index (χ4n) is 1.88. The van der Waals surface area contributed by atoms with Gasteiger partial charge in [-0.25, -0.2) is 0 Å². The number of phenols is 2. The third kappa shape index (κ3) is 1.82. The molecule has 1 aliphatic rings. The maximum absolute atomic E-state index is 12.0. The van der Waals surface area contributed by atoms with E-state index in [9.17, 15) is 15.0 Å². The first-order valence-electron chi connectivity index (χ1n) is 5.34. The zero-order valence-corrected chi connectivity index (χ0v) is 10.3. The highest BCUT2D eigenvalue weighted by atomic mass is 35.5. The Hall–Kier alpha value is -1.42. The molecule has 1 unspecified atom stereocenters. The van der Waals surface area contributed by atoms with E-state index in [4.69, 9.17) is 16.3 Å². The third-order valence-electron chi connectivity index (χ3n) is 3.10. The minimum atomic E-state index is -0.600. The van der Waals surface area contributed by atoms with Crippen LogP contribution in [0.15, 0.2) is 6.07 Å². The van der Waals surface area contributed by atoms with Gasteiger partial charge < -0.3 is 14.9 Å². The van der Waals surface area contributed by atoms with Gasteiger partial charge in [-0.15, -0.1) is 0 Å². The second kappa shape index (κ2) is 3.81. The van der Waals surface area contributed by atoms with Crippen molar-refractivity contribution in [1.29, 1.82) is 0 Å². The average molecular weight is 257 g/mol. The summed E-state index contributed by atoms with van der Waals surface area (Å²) in [6, 6.07) is 1.27. The summed E-state index contributed by atoms with van der Waals surface area (Å²) in [5.74, 6) is -0.749. The highest BCUT2D eigenvalue weighted by Crippen LogP contribution is 2.46. The number of hydrogen-bond acceptors (Lipinski definition) is 4. The second-order valence-corrected chi connectivity index (χ2v) is 4.81. The summed E-state index contributed by atoms with van der Waals surface area (Å²) in [7, 11) is 0. The monoisotopic (exact) mass is 256 g/mol. The van der Waals surface area contributed by atoms with E-state index in [0.29, 0.717) is 6.42 Å². The number of rotatable bonds is 1. The standard InChI is InChI=1S/C12H13ClO4/c1-3-12(2)5-7(15)9-8(17-12)4-6(14)10(13)11(9)16/h4,14,16H,3,5H2,1-2H3. The Labute approximate surface area is 104 Å². The van der Waals surface area contributed by atoms with Crippen LogP contribution in [0.5, 0.6) is 17.2 Å². The van der Waals surface area contributed by atoms with Crippen molar-refractivity contribution in [1.82, 2.24) is 0 Å². The third-order valence-corrected chi connectivity index (χ3v) is 3.47. The van der Waals surface area contributed by atoms with Gasteiger partial charge in [0.1, 0.15) is 27.7 Å². The zero-order chi connectivity index (χ0) is 12.8. The number of Topliss-reactive ketones (excluding diaryl/α,β-unsaturated/α-hetero) is 1. The molecule has 1 heterocycles. The molecule has 0 radical (unpaired) electrons. The number of ketones is 1. The fourth-order valence-corrected chi connectivity index (χ4v) is 2.03. The Balaban J connectivity index is 2.61. The van der Waals surface area contributed by atoms with Gasteiger partial charge in [0.05, 0.1) is 6.42 Å². The average Bonchev–Trinajstić information content (AvgIpc) is 2.25. The lowest BCUT2D eigenvalue weighted by Crippen LogP contribution is -2.38. The van der Waals surface area contributed by atoms with Crippen LogP contribution in [0.25, 0.3) is 0 Å². The highest BCUT2D eigenvalue weighted by Gasteiger charge is 2.38. The highest BCUT2D eigenvalue weighted by molar-refractivity contribution is 6.34. The van der Waals surface area contributed by atoms with E-state index < -0.39 is 11.4 Å². The van der Waals surface area contributed by atoms with Crippen LogP contribution in [0.4, 0.5) is 0 Å². The Kier molecular flexibility index (Phi) is 2.70. The Morgan fingerprint density at radius 3 is 2.76 bits per heavy atom. The molecule has 1 aromatic carbocycles. The van der Waals surface area contributed by atoms with E-state index in [1.807, 2.05) is 13.8 Å². The van der Waals surface area contributed by atoms with Gasteiger partial charge in [-0.1, -0.05) is 18.5 Å². The van der Waals surface area contributed by atoms with Gasteiger partial charge in [0.25, 0.3) is 0 Å². The Bertz CT molecular complexity index is 498. The molecule has 0 saturated carbocycles. The number of ether oxygens (including phenoxy) is 1. The lowest BCUT2D eigenvalue weighted by molar-refractivity contribution is 0.0492. The van der Waals surface area contributed by atoms with Crippen LogP contribution in [-0.4, -0.2) is 21.6 Å². The summed E-state index contributed by atoms with van der Waals surface area (Å²) in [5.41, 5.74) is -0.546. The predicted octanol–water partition coefficient (Wildman–Crippen LogP) is 2.89. The summed E-state index contributed by atoms with van der Waals surface area (Å²) < 4.78 is 5.66. The quantitative estimate of drug-likeness (QED) is 0.811. The summed E-state index contributed by atoms with van der Waals surface area (Å²) >= 11 is 5.68. The van der Waals surface area contributed by atoms with Gasteiger partial charge in [0, 0.05) is 6.07 Å². The molecule has 0 aromatic heterocycles. The van der Waals surface area contributed by atoms with Crippen molar-refractivity contribution < 1.29 is 19.7 Å². The molecule has 2 N–H and O–H groups in total. The van der Waals surface area contributed by atoms with Crippen molar-refractivity contribution in [2.45, 2.75) is 32.3 Å². The number of phenolic OH excluding ortho intramolecular Hbond substituents is 2. The summed E-state index contributed by atoms with van der Waals surface area (Å²) in [6.45, 7) is 3.73. The fraction of sp³-hybridized carbons (Fsp3) is 0.417. The van der Waals surface area contributed by atoms with Crippen LogP contribution >= 0.6 is 11.6 Å². The van der Waals surface area contributed by atoms with Crippen LogP contribution < -0.4 is 4.74 Å². The molecule has 17 heavy (non-hydrogen) atoms. The van der Waals surface area contributed by atoms with Crippen molar-refractivity contribution in [3.05, 3.63) is 16.7 Å². The number of aromatic hydroxyl groups is 2. The van der Waals surface area contributed by atoms with E-state index in [0.717, 1.165) is 0 Å². The number of fused-ring (bicyclic) bond motifs is 1. The number of carbonyl (C=O) groups excluding carboxylic acids is 1. The number of carbonyl (C=O) groups is 1. The lowest BCUT2D eigenvalue weighted by Gasteiger charge is -2.34. The topological polar surface area (TPSA) is 66.8 Å². The van der Waals surface area contributed by atoms with Crippen LogP contribution in [0.3, 0.4) is 0 Å². The predicted molar refractivity (Wildman–Crippen MR) is 63.1 cm³/mol. The lowest BCUT2D eigenvalue weighted by atomic mass is 9.89. The molecule has 4 nitrogen and oxygen atoms in total. The first-order valence-corrected chi connectivity index (χ1v) is 5.72. The molecular formula is C12H13ClO4. The van der Waals surface area contributed by atoms with Gasteiger partial charge in [-0.05, 0) is 13.3 Å². The normalized spacial score (nSPS) is 23.1. The molecular weight excluding hydrogens is 244 g/mol. The largest absolute Gasteiger partial charge is 0.506 e. The Morgan fingerprint density at radius 2 is 2.18 bits per heavy atom. The van der Waals surface area contributed by atoms with Crippen LogP contribution in [0.2, 0.25) is 5.02 Å². The molecule has 1 aromatic rings. The first kappa shape index (κ1) is 12.0. The molecule has 92 valence electrons. The number of benzene rings is 1. The van der Waals surface area contributed by atoms with Crippen LogP contribution in [-0.2, 0) is 0 Å². The molecule has 0 fully saturated rings. The van der Waals surface area contributed by atoms with Crippen molar-refractivity contribution in [2.75, 3.05) is 0 Å². The first-order chi connectivity index (χ1) is 7.88. The summed E-state index contributed by atoms with van der Waals surface area (Å²) in [6.07, 6.45) is 0.841. The van der Waals surface area contributed by atoms with E-state index in [1.165, 1.54) is 6.07 Å². The molecule has 0 aliphatic carbocycles. The SMILES string of the molecule is CCC1(C)CC(=O)c2c(cc(O)c(Cl)c2O)O1. The molecule has 0 spiro atoms.